The number of nitrogens with one attached hydrogen (secondary N) is 1. The van der Waals surface area contributed by atoms with Crippen LogP contribution in [0.4, 0.5) is 10.1 Å². The van der Waals surface area contributed by atoms with Gasteiger partial charge in [-0.2, -0.15) is 0 Å². The first-order chi connectivity index (χ1) is 16.9. The highest BCUT2D eigenvalue weighted by Crippen LogP contribution is 2.27. The minimum absolute atomic E-state index is 0.0119. The van der Waals surface area contributed by atoms with E-state index in [1.807, 2.05) is 38.1 Å². The molecule has 0 fully saturated rings. The molecule has 0 saturated heterocycles. The average molecular weight is 513 g/mol. The predicted molar refractivity (Wildman–Crippen MR) is 140 cm³/mol. The fourth-order valence-electron chi connectivity index (χ4n) is 3.70. The summed E-state index contributed by atoms with van der Waals surface area (Å²) in [5.74, 6) is -0.440. The van der Waals surface area contributed by atoms with Crippen molar-refractivity contribution < 1.29 is 22.3 Å². The first-order valence-corrected chi connectivity index (χ1v) is 13.3. The molecule has 0 aliphatic carbocycles. The highest BCUT2D eigenvalue weighted by Gasteiger charge is 2.28. The Bertz CT molecular complexity index is 1270. The van der Waals surface area contributed by atoms with Crippen LogP contribution in [-0.2, 0) is 20.2 Å². The smallest absolute Gasteiger partial charge is 0.264 e. The van der Waals surface area contributed by atoms with Crippen molar-refractivity contribution in [2.24, 2.45) is 0 Å². The van der Waals surface area contributed by atoms with Gasteiger partial charge in [0.15, 0.2) is 0 Å². The number of benzene rings is 3. The van der Waals surface area contributed by atoms with Gasteiger partial charge in [-0.1, -0.05) is 45.0 Å². The third-order valence-corrected chi connectivity index (χ3v) is 7.57. The van der Waals surface area contributed by atoms with Gasteiger partial charge in [0, 0.05) is 0 Å². The molecule has 1 atom stereocenters. The van der Waals surface area contributed by atoms with Gasteiger partial charge in [0.05, 0.1) is 23.2 Å². The van der Waals surface area contributed by atoms with Crippen LogP contribution in [0.15, 0.2) is 77.7 Å². The highest BCUT2D eigenvalue weighted by molar-refractivity contribution is 7.92. The fourth-order valence-corrected chi connectivity index (χ4v) is 5.12. The molecule has 192 valence electrons. The van der Waals surface area contributed by atoms with Crippen LogP contribution < -0.4 is 14.4 Å². The Morgan fingerprint density at radius 3 is 2.08 bits per heavy atom. The van der Waals surface area contributed by atoms with Crippen LogP contribution in [0.25, 0.3) is 0 Å². The van der Waals surface area contributed by atoms with E-state index in [4.69, 9.17) is 4.74 Å². The first kappa shape index (κ1) is 27.2. The van der Waals surface area contributed by atoms with Gasteiger partial charge in [-0.3, -0.25) is 9.10 Å². The Kier molecular flexibility index (Phi) is 8.40. The number of hydrogen-bond donors (Lipinski definition) is 1. The summed E-state index contributed by atoms with van der Waals surface area (Å²) in [6.45, 7) is 10.1. The van der Waals surface area contributed by atoms with Gasteiger partial charge < -0.3 is 10.1 Å². The molecule has 3 aromatic rings. The van der Waals surface area contributed by atoms with Gasteiger partial charge in [0.1, 0.15) is 18.1 Å². The summed E-state index contributed by atoms with van der Waals surface area (Å²) in [7, 11) is -4.15. The Balaban J connectivity index is 1.85. The van der Waals surface area contributed by atoms with Crippen molar-refractivity contribution >= 4 is 21.6 Å². The SMILES string of the molecule is CCOc1ccc(N(CC(=O)N[C@@H](C)c2ccc(C(C)(C)C)cc2)S(=O)(=O)c2ccc(F)cc2)cc1. The molecule has 36 heavy (non-hydrogen) atoms. The molecule has 0 spiro atoms. The summed E-state index contributed by atoms with van der Waals surface area (Å²) in [6, 6.07) is 18.6. The summed E-state index contributed by atoms with van der Waals surface area (Å²) in [6.07, 6.45) is 0. The minimum Gasteiger partial charge on any atom is -0.494 e. The van der Waals surface area contributed by atoms with Crippen molar-refractivity contribution in [3.05, 3.63) is 89.7 Å². The van der Waals surface area contributed by atoms with Crippen LogP contribution in [0.1, 0.15) is 51.8 Å². The van der Waals surface area contributed by atoms with E-state index < -0.39 is 28.3 Å². The van der Waals surface area contributed by atoms with Gasteiger partial charge in [-0.25, -0.2) is 12.8 Å². The van der Waals surface area contributed by atoms with Gasteiger partial charge in [0.25, 0.3) is 10.0 Å². The quantitative estimate of drug-likeness (QED) is 0.405. The van der Waals surface area contributed by atoms with E-state index in [0.29, 0.717) is 18.0 Å². The molecule has 6 nitrogen and oxygen atoms in total. The van der Waals surface area contributed by atoms with Crippen molar-refractivity contribution in [1.29, 1.82) is 0 Å². The summed E-state index contributed by atoms with van der Waals surface area (Å²) in [4.78, 5) is 12.9. The van der Waals surface area contributed by atoms with E-state index in [2.05, 4.69) is 26.1 Å². The maximum absolute atomic E-state index is 13.5. The predicted octanol–water partition coefficient (Wildman–Crippen LogP) is 5.59. The summed E-state index contributed by atoms with van der Waals surface area (Å²) >= 11 is 0. The number of carbonyl (C=O) groups excluding carboxylic acids is 1. The lowest BCUT2D eigenvalue weighted by Gasteiger charge is -2.25. The van der Waals surface area contributed by atoms with Crippen molar-refractivity contribution in [2.75, 3.05) is 17.5 Å². The van der Waals surface area contributed by atoms with Crippen molar-refractivity contribution in [1.82, 2.24) is 5.32 Å². The summed E-state index contributed by atoms with van der Waals surface area (Å²) < 4.78 is 46.8. The topological polar surface area (TPSA) is 75.7 Å². The number of anilines is 1. The largest absolute Gasteiger partial charge is 0.494 e. The number of ether oxygens (including phenoxy) is 1. The number of carbonyl (C=O) groups is 1. The molecule has 1 amide bonds. The second-order valence-corrected chi connectivity index (χ2v) is 11.4. The zero-order valence-electron chi connectivity index (χ0n) is 21.3. The van der Waals surface area contributed by atoms with E-state index in [1.54, 1.807) is 24.3 Å². The molecule has 1 N–H and O–H groups in total. The van der Waals surface area contributed by atoms with Crippen molar-refractivity contribution in [3.8, 4) is 5.75 Å². The van der Waals surface area contributed by atoms with E-state index in [1.165, 1.54) is 17.7 Å². The van der Waals surface area contributed by atoms with Gasteiger partial charge in [-0.05, 0) is 78.9 Å². The zero-order valence-corrected chi connectivity index (χ0v) is 22.1. The summed E-state index contributed by atoms with van der Waals surface area (Å²) in [5.41, 5.74) is 2.39. The van der Waals surface area contributed by atoms with Gasteiger partial charge in [-0.15, -0.1) is 0 Å². The lowest BCUT2D eigenvalue weighted by molar-refractivity contribution is -0.120. The number of sulfonamides is 1. The standard InChI is InChI=1S/C28H33FN2O4S/c1-6-35-25-15-13-24(14-16-25)31(36(33,34)26-17-11-23(29)12-18-26)19-27(32)30-20(2)21-7-9-22(10-8-21)28(3,4)5/h7-18,20H,6,19H2,1-5H3,(H,30,32)/t20-/m0/s1. The molecular weight excluding hydrogens is 479 g/mol. The molecular formula is C28H33FN2O4S. The van der Waals surface area contributed by atoms with Crippen LogP contribution in [-0.4, -0.2) is 27.5 Å². The van der Waals surface area contributed by atoms with Crippen molar-refractivity contribution in [3.63, 3.8) is 0 Å². The molecule has 3 aromatic carbocycles. The molecule has 0 aliphatic rings. The van der Waals surface area contributed by atoms with Crippen LogP contribution >= 0.6 is 0 Å². The van der Waals surface area contributed by atoms with E-state index in [9.17, 15) is 17.6 Å². The Morgan fingerprint density at radius 1 is 0.972 bits per heavy atom. The second kappa shape index (κ2) is 11.1. The molecule has 0 aliphatic heterocycles. The van der Waals surface area contributed by atoms with Crippen LogP contribution in [0.3, 0.4) is 0 Å². The Labute approximate surface area is 213 Å². The number of halogens is 1. The van der Waals surface area contributed by atoms with Crippen LogP contribution in [0.5, 0.6) is 5.75 Å². The number of rotatable bonds is 9. The molecule has 0 radical (unpaired) electrons. The Hall–Kier alpha value is -3.39. The number of nitrogens with zero attached hydrogens (tertiary/aromatic N) is 1. The number of amides is 1. The van der Waals surface area contributed by atoms with Crippen molar-refractivity contribution in [2.45, 2.75) is 51.0 Å². The lowest BCUT2D eigenvalue weighted by Crippen LogP contribution is -2.41. The Morgan fingerprint density at radius 2 is 1.56 bits per heavy atom. The minimum atomic E-state index is -4.15. The maximum atomic E-state index is 13.5. The van der Waals surface area contributed by atoms with Crippen LogP contribution in [0, 0.1) is 5.82 Å². The molecule has 3 rings (SSSR count). The lowest BCUT2D eigenvalue weighted by atomic mass is 9.86. The molecule has 8 heteroatoms. The average Bonchev–Trinajstić information content (AvgIpc) is 2.83. The highest BCUT2D eigenvalue weighted by atomic mass is 32.2. The van der Waals surface area contributed by atoms with E-state index in [-0.39, 0.29) is 16.4 Å². The normalized spacial score (nSPS) is 12.6. The molecule has 0 saturated carbocycles. The first-order valence-electron chi connectivity index (χ1n) is 11.8. The fraction of sp³-hybridized carbons (Fsp3) is 0.321. The molecule has 0 bridgehead atoms. The van der Waals surface area contributed by atoms with E-state index in [0.717, 1.165) is 22.0 Å². The molecule has 0 unspecified atom stereocenters. The molecule has 0 aromatic heterocycles. The maximum Gasteiger partial charge on any atom is 0.264 e. The van der Waals surface area contributed by atoms with Gasteiger partial charge >= 0.3 is 0 Å². The third kappa shape index (κ3) is 6.63. The zero-order chi connectivity index (χ0) is 26.5. The van der Waals surface area contributed by atoms with Gasteiger partial charge in [0.2, 0.25) is 5.91 Å². The third-order valence-electron chi connectivity index (χ3n) is 5.78. The number of hydrogen-bond acceptors (Lipinski definition) is 4. The summed E-state index contributed by atoms with van der Waals surface area (Å²) in [5, 5.41) is 2.89. The molecule has 0 heterocycles. The monoisotopic (exact) mass is 512 g/mol. The second-order valence-electron chi connectivity index (χ2n) is 9.55. The van der Waals surface area contributed by atoms with Crippen LogP contribution in [0.2, 0.25) is 0 Å². The van der Waals surface area contributed by atoms with E-state index >= 15 is 0 Å².